The van der Waals surface area contributed by atoms with Crippen molar-refractivity contribution in [2.75, 3.05) is 19.5 Å². The molecule has 2 aromatic carbocycles. The highest BCUT2D eigenvalue weighted by Gasteiger charge is 2.16. The summed E-state index contributed by atoms with van der Waals surface area (Å²) in [5.74, 6) is 0.826. The number of carbonyl (C=O) groups is 1. The molecule has 4 aromatic rings. The molecule has 0 aliphatic rings. The fourth-order valence-electron chi connectivity index (χ4n) is 3.20. The SMILES string of the molecule is COc1ccc(C(=O)Nc2nc(-c3c(C)[nH]c4ccccc34)cs2)cc1OC. The number of carbonyl (C=O) groups excluding carboxylic acids is 1. The minimum Gasteiger partial charge on any atom is -0.493 e. The summed E-state index contributed by atoms with van der Waals surface area (Å²) in [5, 5.41) is 6.47. The third-order valence-electron chi connectivity index (χ3n) is 4.52. The predicted molar refractivity (Wildman–Crippen MR) is 112 cm³/mol. The minimum atomic E-state index is -0.252. The number of fused-ring (bicyclic) bond motifs is 1. The zero-order chi connectivity index (χ0) is 19.7. The molecule has 0 aliphatic carbocycles. The molecular formula is C21H19N3O3S. The average Bonchev–Trinajstić information content (AvgIpc) is 3.29. The van der Waals surface area contributed by atoms with Gasteiger partial charge in [-0.1, -0.05) is 18.2 Å². The van der Waals surface area contributed by atoms with Crippen molar-refractivity contribution in [3.8, 4) is 22.8 Å². The predicted octanol–water partition coefficient (Wildman–Crippen LogP) is 4.87. The maximum atomic E-state index is 12.6. The van der Waals surface area contributed by atoms with Gasteiger partial charge in [-0.2, -0.15) is 0 Å². The van der Waals surface area contributed by atoms with Crippen LogP contribution in [0, 0.1) is 6.92 Å². The number of aromatic amines is 1. The molecule has 0 atom stereocenters. The van der Waals surface area contributed by atoms with Gasteiger partial charge in [0.2, 0.25) is 0 Å². The van der Waals surface area contributed by atoms with Gasteiger partial charge in [0.25, 0.3) is 5.91 Å². The maximum Gasteiger partial charge on any atom is 0.257 e. The summed E-state index contributed by atoms with van der Waals surface area (Å²) in [4.78, 5) is 20.6. The minimum absolute atomic E-state index is 0.252. The van der Waals surface area contributed by atoms with E-state index in [2.05, 4.69) is 21.4 Å². The molecule has 7 heteroatoms. The maximum absolute atomic E-state index is 12.6. The van der Waals surface area contributed by atoms with Crippen LogP contribution in [0.25, 0.3) is 22.2 Å². The van der Waals surface area contributed by atoms with E-state index in [1.54, 1.807) is 25.3 Å². The number of nitrogens with zero attached hydrogens (tertiary/aromatic N) is 1. The van der Waals surface area contributed by atoms with E-state index in [1.165, 1.54) is 18.4 Å². The van der Waals surface area contributed by atoms with Crippen LogP contribution in [0.4, 0.5) is 5.13 Å². The van der Waals surface area contributed by atoms with Crippen molar-refractivity contribution >= 4 is 33.3 Å². The number of aromatic nitrogens is 2. The lowest BCUT2D eigenvalue weighted by Crippen LogP contribution is -2.12. The third kappa shape index (κ3) is 3.20. The molecule has 0 saturated carbocycles. The second kappa shape index (κ2) is 7.36. The molecule has 0 saturated heterocycles. The number of rotatable bonds is 5. The number of benzene rings is 2. The fourth-order valence-corrected chi connectivity index (χ4v) is 3.90. The lowest BCUT2D eigenvalue weighted by atomic mass is 10.1. The Morgan fingerprint density at radius 2 is 1.89 bits per heavy atom. The Hall–Kier alpha value is -3.32. The average molecular weight is 393 g/mol. The highest BCUT2D eigenvalue weighted by molar-refractivity contribution is 7.14. The summed E-state index contributed by atoms with van der Waals surface area (Å²) in [7, 11) is 3.09. The second-order valence-electron chi connectivity index (χ2n) is 6.23. The van der Waals surface area contributed by atoms with Gasteiger partial charge < -0.3 is 14.5 Å². The lowest BCUT2D eigenvalue weighted by molar-refractivity contribution is 0.102. The van der Waals surface area contributed by atoms with Crippen molar-refractivity contribution in [3.63, 3.8) is 0 Å². The van der Waals surface area contributed by atoms with E-state index in [1.807, 2.05) is 30.5 Å². The zero-order valence-corrected chi connectivity index (χ0v) is 16.5. The van der Waals surface area contributed by atoms with Crippen LogP contribution < -0.4 is 14.8 Å². The second-order valence-corrected chi connectivity index (χ2v) is 7.09. The first-order valence-corrected chi connectivity index (χ1v) is 9.55. The van der Waals surface area contributed by atoms with Gasteiger partial charge in [0.15, 0.2) is 16.6 Å². The number of aryl methyl sites for hydroxylation is 1. The van der Waals surface area contributed by atoms with E-state index in [-0.39, 0.29) is 5.91 Å². The quantitative estimate of drug-likeness (QED) is 0.507. The Bertz CT molecular complexity index is 1160. The number of methoxy groups -OCH3 is 2. The smallest absolute Gasteiger partial charge is 0.257 e. The summed E-state index contributed by atoms with van der Waals surface area (Å²) in [5.41, 5.74) is 4.47. The number of H-pyrrole nitrogens is 1. The highest BCUT2D eigenvalue weighted by Crippen LogP contribution is 2.34. The molecule has 0 bridgehead atoms. The van der Waals surface area contributed by atoms with Crippen molar-refractivity contribution < 1.29 is 14.3 Å². The highest BCUT2D eigenvalue weighted by atomic mass is 32.1. The number of ether oxygens (including phenoxy) is 2. The van der Waals surface area contributed by atoms with Gasteiger partial charge in [0.1, 0.15) is 0 Å². The van der Waals surface area contributed by atoms with Gasteiger partial charge >= 0.3 is 0 Å². The number of para-hydroxylation sites is 1. The summed E-state index contributed by atoms with van der Waals surface area (Å²) >= 11 is 1.39. The van der Waals surface area contributed by atoms with Crippen molar-refractivity contribution in [1.82, 2.24) is 9.97 Å². The van der Waals surface area contributed by atoms with Crippen LogP contribution in [-0.2, 0) is 0 Å². The van der Waals surface area contributed by atoms with Gasteiger partial charge in [0, 0.05) is 33.1 Å². The number of thiazole rings is 1. The molecular weight excluding hydrogens is 374 g/mol. The van der Waals surface area contributed by atoms with Crippen molar-refractivity contribution in [2.45, 2.75) is 6.92 Å². The number of anilines is 1. The Balaban J connectivity index is 1.60. The monoisotopic (exact) mass is 393 g/mol. The lowest BCUT2D eigenvalue weighted by Gasteiger charge is -2.09. The summed E-state index contributed by atoms with van der Waals surface area (Å²) < 4.78 is 10.5. The molecule has 0 radical (unpaired) electrons. The van der Waals surface area contributed by atoms with Crippen molar-refractivity contribution in [3.05, 3.63) is 59.1 Å². The normalized spacial score (nSPS) is 10.8. The summed E-state index contributed by atoms with van der Waals surface area (Å²) in [6.45, 7) is 2.02. The van der Waals surface area contributed by atoms with Gasteiger partial charge in [-0.05, 0) is 31.2 Å². The summed E-state index contributed by atoms with van der Waals surface area (Å²) in [6, 6.07) is 13.1. The Morgan fingerprint density at radius 3 is 2.68 bits per heavy atom. The molecule has 2 heterocycles. The van der Waals surface area contributed by atoms with Crippen molar-refractivity contribution in [1.29, 1.82) is 0 Å². The number of nitrogens with one attached hydrogen (secondary N) is 2. The number of amides is 1. The first-order chi connectivity index (χ1) is 13.6. The van der Waals surface area contributed by atoms with Crippen LogP contribution in [-0.4, -0.2) is 30.1 Å². The first-order valence-electron chi connectivity index (χ1n) is 8.67. The fraction of sp³-hybridized carbons (Fsp3) is 0.143. The molecule has 4 rings (SSSR count). The van der Waals surface area contributed by atoms with Gasteiger partial charge in [-0.15, -0.1) is 11.3 Å². The Morgan fingerprint density at radius 1 is 1.11 bits per heavy atom. The molecule has 2 aromatic heterocycles. The molecule has 1 amide bonds. The Kier molecular flexibility index (Phi) is 4.75. The van der Waals surface area contributed by atoms with Gasteiger partial charge in [-0.3, -0.25) is 10.1 Å². The third-order valence-corrected chi connectivity index (χ3v) is 5.28. The molecule has 142 valence electrons. The van der Waals surface area contributed by atoms with Crippen LogP contribution in [0.5, 0.6) is 11.5 Å². The van der Waals surface area contributed by atoms with E-state index in [9.17, 15) is 4.79 Å². The van der Waals surface area contributed by atoms with Crippen LogP contribution in [0.1, 0.15) is 16.1 Å². The van der Waals surface area contributed by atoms with E-state index in [0.717, 1.165) is 27.9 Å². The molecule has 28 heavy (non-hydrogen) atoms. The molecule has 0 fully saturated rings. The van der Waals surface area contributed by atoms with Gasteiger partial charge in [-0.25, -0.2) is 4.98 Å². The summed E-state index contributed by atoms with van der Waals surface area (Å²) in [6.07, 6.45) is 0. The molecule has 0 spiro atoms. The van der Waals surface area contributed by atoms with E-state index >= 15 is 0 Å². The van der Waals surface area contributed by atoms with Crippen LogP contribution >= 0.6 is 11.3 Å². The molecule has 0 aliphatic heterocycles. The van der Waals surface area contributed by atoms with E-state index in [0.29, 0.717) is 22.2 Å². The van der Waals surface area contributed by atoms with E-state index < -0.39 is 0 Å². The molecule has 2 N–H and O–H groups in total. The van der Waals surface area contributed by atoms with Crippen LogP contribution in [0.3, 0.4) is 0 Å². The van der Waals surface area contributed by atoms with Gasteiger partial charge in [0.05, 0.1) is 19.9 Å². The largest absolute Gasteiger partial charge is 0.493 e. The van der Waals surface area contributed by atoms with Crippen LogP contribution in [0.15, 0.2) is 47.8 Å². The molecule has 6 nitrogen and oxygen atoms in total. The number of hydrogen-bond donors (Lipinski definition) is 2. The van der Waals surface area contributed by atoms with Crippen LogP contribution in [0.2, 0.25) is 0 Å². The van der Waals surface area contributed by atoms with Crippen molar-refractivity contribution in [2.24, 2.45) is 0 Å². The Labute approximate surface area is 166 Å². The topological polar surface area (TPSA) is 76.2 Å². The molecule has 0 unspecified atom stereocenters. The van der Waals surface area contributed by atoms with E-state index in [4.69, 9.17) is 9.47 Å². The first kappa shape index (κ1) is 18.1. The standard InChI is InChI=1S/C21H19N3O3S/c1-12-19(14-6-4-5-7-15(14)22-12)16-11-28-21(23-16)24-20(25)13-8-9-17(26-2)18(10-13)27-3/h4-11,22H,1-3H3,(H,23,24,25). The zero-order valence-electron chi connectivity index (χ0n) is 15.7. The number of hydrogen-bond acceptors (Lipinski definition) is 5.